The summed E-state index contributed by atoms with van der Waals surface area (Å²) in [6.45, 7) is -0.538. The molecule has 0 amide bonds. The van der Waals surface area contributed by atoms with Gasteiger partial charge in [0.25, 0.3) is 0 Å². The van der Waals surface area contributed by atoms with Crippen LogP contribution in [-0.2, 0) is 6.42 Å². The third-order valence-corrected chi connectivity index (χ3v) is 1.84. The van der Waals surface area contributed by atoms with E-state index in [0.29, 0.717) is 6.42 Å². The van der Waals surface area contributed by atoms with Crippen LogP contribution in [0, 0.1) is 0 Å². The van der Waals surface area contributed by atoms with Crippen LogP contribution in [0.25, 0.3) is 0 Å². The Kier molecular flexibility index (Phi) is 4.13. The van der Waals surface area contributed by atoms with E-state index in [2.05, 4.69) is 0 Å². The Bertz CT molecular complexity index is 321. The Labute approximate surface area is 82.6 Å². The zero-order valence-electron chi connectivity index (χ0n) is 8.03. The summed E-state index contributed by atoms with van der Waals surface area (Å²) in [6, 6.07) is 7.39. The second kappa shape index (κ2) is 5.40. The smallest absolute Gasteiger partial charge is 0.122 e. The SMILES string of the molecule is COc1cccc(C/C=C(\F)CO)c1. The Morgan fingerprint density at radius 3 is 3.00 bits per heavy atom. The molecule has 0 fully saturated rings. The lowest BCUT2D eigenvalue weighted by molar-refractivity contribution is 0.297. The zero-order valence-corrected chi connectivity index (χ0v) is 8.03. The summed E-state index contributed by atoms with van der Waals surface area (Å²) in [7, 11) is 1.59. The van der Waals surface area contributed by atoms with Crippen molar-refractivity contribution in [2.24, 2.45) is 0 Å². The van der Waals surface area contributed by atoms with Crippen LogP contribution < -0.4 is 4.74 Å². The second-order valence-corrected chi connectivity index (χ2v) is 2.86. The predicted octanol–water partition coefficient (Wildman–Crippen LogP) is 2.08. The van der Waals surface area contributed by atoms with Crippen molar-refractivity contribution in [1.29, 1.82) is 0 Å². The van der Waals surface area contributed by atoms with Crippen LogP contribution in [0.3, 0.4) is 0 Å². The molecule has 0 aliphatic rings. The van der Waals surface area contributed by atoms with Gasteiger partial charge in [0.15, 0.2) is 0 Å². The van der Waals surface area contributed by atoms with Gasteiger partial charge in [0.2, 0.25) is 0 Å². The van der Waals surface area contributed by atoms with Crippen LogP contribution in [0.1, 0.15) is 5.56 Å². The van der Waals surface area contributed by atoms with Gasteiger partial charge in [-0.25, -0.2) is 4.39 Å². The van der Waals surface area contributed by atoms with Crippen LogP contribution in [0.4, 0.5) is 4.39 Å². The Morgan fingerprint density at radius 2 is 2.36 bits per heavy atom. The third-order valence-electron chi connectivity index (χ3n) is 1.84. The van der Waals surface area contributed by atoms with E-state index in [1.54, 1.807) is 7.11 Å². The molecular weight excluding hydrogens is 183 g/mol. The maximum absolute atomic E-state index is 12.6. The lowest BCUT2D eigenvalue weighted by Crippen LogP contribution is -1.88. The predicted molar refractivity (Wildman–Crippen MR) is 53.0 cm³/mol. The zero-order chi connectivity index (χ0) is 10.4. The molecule has 0 saturated carbocycles. The molecule has 0 aromatic heterocycles. The van der Waals surface area contributed by atoms with E-state index in [1.807, 2.05) is 24.3 Å². The number of aliphatic hydroxyl groups is 1. The number of hydrogen-bond donors (Lipinski definition) is 1. The molecule has 2 nitrogen and oxygen atoms in total. The Hall–Kier alpha value is -1.35. The van der Waals surface area contributed by atoms with Crippen molar-refractivity contribution in [2.75, 3.05) is 13.7 Å². The summed E-state index contributed by atoms with van der Waals surface area (Å²) >= 11 is 0. The van der Waals surface area contributed by atoms with E-state index in [0.717, 1.165) is 11.3 Å². The summed E-state index contributed by atoms with van der Waals surface area (Å²) in [5.74, 6) is 0.244. The molecule has 1 aromatic carbocycles. The Balaban J connectivity index is 2.67. The molecule has 3 heteroatoms. The fourth-order valence-electron chi connectivity index (χ4n) is 1.09. The highest BCUT2D eigenvalue weighted by Gasteiger charge is 1.95. The molecule has 1 N–H and O–H groups in total. The number of halogens is 1. The monoisotopic (exact) mass is 196 g/mol. The minimum Gasteiger partial charge on any atom is -0.497 e. The van der Waals surface area contributed by atoms with Gasteiger partial charge in [-0.3, -0.25) is 0 Å². The van der Waals surface area contributed by atoms with Gasteiger partial charge in [0, 0.05) is 0 Å². The van der Waals surface area contributed by atoms with Gasteiger partial charge >= 0.3 is 0 Å². The average Bonchev–Trinajstić information content (AvgIpc) is 2.26. The molecule has 0 unspecified atom stereocenters. The number of rotatable bonds is 4. The molecule has 0 spiro atoms. The number of benzene rings is 1. The summed E-state index contributed by atoms with van der Waals surface area (Å²) in [5, 5.41) is 8.45. The molecule has 76 valence electrons. The van der Waals surface area contributed by atoms with Crippen LogP contribution in [0.2, 0.25) is 0 Å². The van der Waals surface area contributed by atoms with Crippen molar-refractivity contribution in [3.8, 4) is 5.75 Å². The van der Waals surface area contributed by atoms with Crippen molar-refractivity contribution in [1.82, 2.24) is 0 Å². The summed E-state index contributed by atoms with van der Waals surface area (Å²) < 4.78 is 17.6. The highest BCUT2D eigenvalue weighted by atomic mass is 19.1. The third kappa shape index (κ3) is 3.18. The highest BCUT2D eigenvalue weighted by Crippen LogP contribution is 2.13. The van der Waals surface area contributed by atoms with Gasteiger partial charge in [-0.15, -0.1) is 0 Å². The van der Waals surface area contributed by atoms with Crippen LogP contribution in [0.5, 0.6) is 5.75 Å². The molecule has 1 aromatic rings. The minimum absolute atomic E-state index is 0.462. The van der Waals surface area contributed by atoms with Gasteiger partial charge in [0.1, 0.15) is 11.6 Å². The first kappa shape index (κ1) is 10.7. The minimum atomic E-state index is -0.538. The first-order chi connectivity index (χ1) is 6.76. The van der Waals surface area contributed by atoms with Crippen molar-refractivity contribution < 1.29 is 14.2 Å². The number of ether oxygens (including phenoxy) is 1. The molecule has 0 atom stereocenters. The molecule has 14 heavy (non-hydrogen) atoms. The van der Waals surface area contributed by atoms with Crippen LogP contribution >= 0.6 is 0 Å². The molecular formula is C11H13FO2. The normalized spacial score (nSPS) is 11.5. The number of hydrogen-bond acceptors (Lipinski definition) is 2. The first-order valence-corrected chi connectivity index (χ1v) is 4.34. The van der Waals surface area contributed by atoms with Crippen LogP contribution in [-0.4, -0.2) is 18.8 Å². The number of allylic oxidation sites excluding steroid dienone is 1. The fourth-order valence-corrected chi connectivity index (χ4v) is 1.09. The van der Waals surface area contributed by atoms with E-state index in [9.17, 15) is 4.39 Å². The van der Waals surface area contributed by atoms with Crippen molar-refractivity contribution in [2.45, 2.75) is 6.42 Å². The van der Waals surface area contributed by atoms with E-state index in [-0.39, 0.29) is 0 Å². The van der Waals surface area contributed by atoms with E-state index < -0.39 is 12.4 Å². The lowest BCUT2D eigenvalue weighted by Gasteiger charge is -2.01. The largest absolute Gasteiger partial charge is 0.497 e. The number of methoxy groups -OCH3 is 1. The highest BCUT2D eigenvalue weighted by molar-refractivity contribution is 5.29. The molecule has 0 bridgehead atoms. The summed E-state index contributed by atoms with van der Waals surface area (Å²) in [4.78, 5) is 0. The van der Waals surface area contributed by atoms with Crippen molar-refractivity contribution in [3.05, 3.63) is 41.7 Å². The molecule has 0 radical (unpaired) electrons. The standard InChI is InChI=1S/C11H13FO2/c1-14-11-4-2-3-9(7-11)5-6-10(12)8-13/h2-4,6-7,13H,5,8H2,1H3/b10-6-. The van der Waals surface area contributed by atoms with Gasteiger partial charge in [-0.1, -0.05) is 12.1 Å². The fraction of sp³-hybridized carbons (Fsp3) is 0.273. The topological polar surface area (TPSA) is 29.5 Å². The molecule has 0 saturated heterocycles. The maximum Gasteiger partial charge on any atom is 0.122 e. The molecule has 0 heterocycles. The maximum atomic E-state index is 12.6. The van der Waals surface area contributed by atoms with Gasteiger partial charge in [-0.05, 0) is 30.2 Å². The quantitative estimate of drug-likeness (QED) is 0.798. The van der Waals surface area contributed by atoms with E-state index in [4.69, 9.17) is 9.84 Å². The van der Waals surface area contributed by atoms with Gasteiger partial charge < -0.3 is 9.84 Å². The van der Waals surface area contributed by atoms with Gasteiger partial charge in [0.05, 0.1) is 13.7 Å². The first-order valence-electron chi connectivity index (χ1n) is 4.34. The molecule has 0 aliphatic carbocycles. The average molecular weight is 196 g/mol. The van der Waals surface area contributed by atoms with Crippen molar-refractivity contribution in [3.63, 3.8) is 0 Å². The van der Waals surface area contributed by atoms with Crippen LogP contribution in [0.15, 0.2) is 36.2 Å². The Morgan fingerprint density at radius 1 is 1.57 bits per heavy atom. The van der Waals surface area contributed by atoms with Gasteiger partial charge in [-0.2, -0.15) is 0 Å². The molecule has 1 rings (SSSR count). The number of aliphatic hydroxyl groups excluding tert-OH is 1. The van der Waals surface area contributed by atoms with E-state index in [1.165, 1.54) is 6.08 Å². The van der Waals surface area contributed by atoms with Crippen molar-refractivity contribution >= 4 is 0 Å². The van der Waals surface area contributed by atoms with E-state index >= 15 is 0 Å². The lowest BCUT2D eigenvalue weighted by atomic mass is 10.1. The molecule has 0 aliphatic heterocycles. The summed E-state index contributed by atoms with van der Waals surface area (Å²) in [5.41, 5.74) is 0.952. The summed E-state index contributed by atoms with van der Waals surface area (Å²) in [6.07, 6.45) is 1.82. The second-order valence-electron chi connectivity index (χ2n) is 2.86.